The lowest BCUT2D eigenvalue weighted by Gasteiger charge is -2.13. The van der Waals surface area contributed by atoms with Gasteiger partial charge in [-0.3, -0.25) is 0 Å². The number of sulfone groups is 1. The molecule has 0 aromatic heterocycles. The minimum Gasteiger partial charge on any atom is -0.497 e. The predicted molar refractivity (Wildman–Crippen MR) is 86.1 cm³/mol. The van der Waals surface area contributed by atoms with Gasteiger partial charge < -0.3 is 4.74 Å². The first-order valence-corrected chi connectivity index (χ1v) is 9.21. The molecule has 116 valence electrons. The van der Waals surface area contributed by atoms with Crippen LogP contribution in [0.25, 0.3) is 0 Å². The highest BCUT2D eigenvalue weighted by atomic mass is 32.2. The number of rotatable bonds is 7. The van der Waals surface area contributed by atoms with Crippen molar-refractivity contribution >= 4 is 9.84 Å². The van der Waals surface area contributed by atoms with Gasteiger partial charge in [-0.25, -0.2) is 8.42 Å². The van der Waals surface area contributed by atoms with E-state index in [0.29, 0.717) is 17.7 Å². The number of hydrogen-bond donors (Lipinski definition) is 0. The summed E-state index contributed by atoms with van der Waals surface area (Å²) >= 11 is 0. The molecule has 1 unspecified atom stereocenters. The van der Waals surface area contributed by atoms with E-state index in [1.807, 2.05) is 30.3 Å². The molecular weight excluding hydrogens is 284 g/mol. The summed E-state index contributed by atoms with van der Waals surface area (Å²) in [5.74, 6) is 0.752. The van der Waals surface area contributed by atoms with Crippen LogP contribution in [-0.2, 0) is 9.84 Å². The van der Waals surface area contributed by atoms with Crippen molar-refractivity contribution in [1.29, 1.82) is 0 Å². The zero-order chi connectivity index (χ0) is 15.3. The van der Waals surface area contributed by atoms with Crippen molar-refractivity contribution in [3.8, 4) is 5.75 Å². The second-order valence-electron chi connectivity index (χ2n) is 5.52. The zero-order valence-corrected chi connectivity index (χ0v) is 13.7. The molecule has 0 bridgehead atoms. The van der Waals surface area contributed by atoms with Crippen molar-refractivity contribution in [2.24, 2.45) is 0 Å². The average Bonchev–Trinajstić information content (AvgIpc) is 2.78. The van der Waals surface area contributed by atoms with Crippen LogP contribution in [0.3, 0.4) is 0 Å². The van der Waals surface area contributed by atoms with Gasteiger partial charge in [0, 0.05) is 4.91 Å². The topological polar surface area (TPSA) is 43.4 Å². The van der Waals surface area contributed by atoms with Crippen LogP contribution in [0.15, 0.2) is 35.2 Å². The van der Waals surface area contributed by atoms with Crippen LogP contribution in [0.4, 0.5) is 0 Å². The Labute approximate surface area is 127 Å². The predicted octanol–water partition coefficient (Wildman–Crippen LogP) is 4.41. The Bertz CT molecular complexity index is 585. The Kier molecular flexibility index (Phi) is 5.45. The maximum absolute atomic E-state index is 12.6. The van der Waals surface area contributed by atoms with Crippen molar-refractivity contribution < 1.29 is 13.2 Å². The first-order valence-electron chi connectivity index (χ1n) is 7.66. The summed E-state index contributed by atoms with van der Waals surface area (Å²) in [6.45, 7) is 2.16. The molecule has 1 atom stereocenters. The van der Waals surface area contributed by atoms with Crippen LogP contribution in [-0.4, -0.2) is 15.5 Å². The molecule has 0 spiro atoms. The van der Waals surface area contributed by atoms with Gasteiger partial charge in [-0.1, -0.05) is 44.4 Å². The second-order valence-corrected chi connectivity index (χ2v) is 7.71. The maximum atomic E-state index is 12.6. The highest BCUT2D eigenvalue weighted by Crippen LogP contribution is 2.40. The van der Waals surface area contributed by atoms with Crippen molar-refractivity contribution in [2.75, 3.05) is 7.11 Å². The summed E-state index contributed by atoms with van der Waals surface area (Å²) in [5, 5.41) is -0.412. The highest BCUT2D eigenvalue weighted by Gasteiger charge is 2.34. The van der Waals surface area contributed by atoms with Crippen molar-refractivity contribution in [1.82, 2.24) is 0 Å². The number of ether oxygens (including phenoxy) is 1. The average molecular weight is 308 g/mol. The van der Waals surface area contributed by atoms with E-state index >= 15 is 0 Å². The zero-order valence-electron chi connectivity index (χ0n) is 12.8. The van der Waals surface area contributed by atoms with Crippen molar-refractivity contribution in [2.45, 2.75) is 50.7 Å². The third kappa shape index (κ3) is 3.67. The van der Waals surface area contributed by atoms with Crippen molar-refractivity contribution in [3.63, 3.8) is 0 Å². The van der Waals surface area contributed by atoms with E-state index in [2.05, 4.69) is 6.92 Å². The summed E-state index contributed by atoms with van der Waals surface area (Å²) in [6, 6.07) is 7.36. The Hall–Kier alpha value is -1.29. The van der Waals surface area contributed by atoms with Crippen LogP contribution in [0.2, 0.25) is 0 Å². The van der Waals surface area contributed by atoms with Crippen molar-refractivity contribution in [3.05, 3.63) is 40.8 Å². The van der Waals surface area contributed by atoms with E-state index in [1.165, 1.54) is 12.8 Å². The molecule has 0 amide bonds. The molecular formula is C17H24O3S. The lowest BCUT2D eigenvalue weighted by Crippen LogP contribution is -2.09. The van der Waals surface area contributed by atoms with Gasteiger partial charge in [0.05, 0.1) is 12.4 Å². The Balaban J connectivity index is 2.04. The summed E-state index contributed by atoms with van der Waals surface area (Å²) in [5.41, 5.74) is 0.857. The maximum Gasteiger partial charge on any atom is 0.181 e. The van der Waals surface area contributed by atoms with Crippen LogP contribution in [0.1, 0.15) is 56.3 Å². The molecule has 0 saturated carbocycles. The minimum atomic E-state index is -3.17. The first kappa shape index (κ1) is 16.1. The molecule has 0 aliphatic carbocycles. The minimum absolute atomic E-state index is 0.412. The standard InChI is InChI=1S/C17H24O3S/c1-3-4-5-6-7-16-12-13-17(21(16,18)19)14-8-10-15(20-2)11-9-14/h8-12,17H,3-7,13H2,1-2H3. The van der Waals surface area contributed by atoms with Gasteiger partial charge >= 0.3 is 0 Å². The normalized spacial score (nSPS) is 20.3. The Morgan fingerprint density at radius 1 is 1.14 bits per heavy atom. The quantitative estimate of drug-likeness (QED) is 0.701. The van der Waals surface area contributed by atoms with E-state index in [-0.39, 0.29) is 0 Å². The van der Waals surface area contributed by atoms with Gasteiger partial charge in [0.15, 0.2) is 9.84 Å². The SMILES string of the molecule is CCCCCCC1=CCC(c2ccc(OC)cc2)S1(=O)=O. The van der Waals surface area contributed by atoms with Gasteiger partial charge in [0.25, 0.3) is 0 Å². The molecule has 0 N–H and O–H groups in total. The molecule has 1 aromatic rings. The molecule has 1 aliphatic heterocycles. The Morgan fingerprint density at radius 2 is 1.86 bits per heavy atom. The molecule has 21 heavy (non-hydrogen) atoms. The van der Waals surface area contributed by atoms with E-state index in [0.717, 1.165) is 24.2 Å². The lowest BCUT2D eigenvalue weighted by atomic mass is 10.1. The molecule has 1 aliphatic rings. The molecule has 2 rings (SSSR count). The Morgan fingerprint density at radius 3 is 2.48 bits per heavy atom. The molecule has 0 fully saturated rings. The number of unbranched alkanes of at least 4 members (excludes halogenated alkanes) is 3. The third-order valence-corrected chi connectivity index (χ3v) is 6.38. The second kappa shape index (κ2) is 7.12. The van der Waals surface area contributed by atoms with Crippen LogP contribution < -0.4 is 4.74 Å². The molecule has 0 saturated heterocycles. The summed E-state index contributed by atoms with van der Waals surface area (Å²) in [7, 11) is -1.56. The van der Waals surface area contributed by atoms with Gasteiger partial charge in [-0.2, -0.15) is 0 Å². The van der Waals surface area contributed by atoms with E-state index in [4.69, 9.17) is 4.74 Å². The smallest absolute Gasteiger partial charge is 0.181 e. The molecule has 1 aromatic carbocycles. The third-order valence-electron chi connectivity index (χ3n) is 4.06. The summed E-state index contributed by atoms with van der Waals surface area (Å²) in [4.78, 5) is 0.638. The van der Waals surface area contributed by atoms with Crippen LogP contribution in [0.5, 0.6) is 5.75 Å². The van der Waals surface area contributed by atoms with Gasteiger partial charge in [-0.05, 0) is 37.0 Å². The number of benzene rings is 1. The largest absolute Gasteiger partial charge is 0.497 e. The molecule has 0 radical (unpaired) electrons. The van der Waals surface area contributed by atoms with E-state index in [1.54, 1.807) is 7.11 Å². The van der Waals surface area contributed by atoms with Crippen LogP contribution >= 0.6 is 0 Å². The van der Waals surface area contributed by atoms with Crippen LogP contribution in [0, 0.1) is 0 Å². The fraction of sp³-hybridized carbons (Fsp3) is 0.529. The monoisotopic (exact) mass is 308 g/mol. The summed E-state index contributed by atoms with van der Waals surface area (Å²) in [6.07, 6.45) is 7.61. The highest BCUT2D eigenvalue weighted by molar-refractivity contribution is 7.95. The van der Waals surface area contributed by atoms with E-state index in [9.17, 15) is 8.42 Å². The molecule has 1 heterocycles. The van der Waals surface area contributed by atoms with E-state index < -0.39 is 15.1 Å². The number of allylic oxidation sites excluding steroid dienone is 2. The fourth-order valence-electron chi connectivity index (χ4n) is 2.77. The fourth-order valence-corrected chi connectivity index (χ4v) is 4.76. The molecule has 3 nitrogen and oxygen atoms in total. The lowest BCUT2D eigenvalue weighted by molar-refractivity contribution is 0.414. The van der Waals surface area contributed by atoms with Gasteiger partial charge in [0.2, 0.25) is 0 Å². The van der Waals surface area contributed by atoms with Gasteiger partial charge in [-0.15, -0.1) is 0 Å². The van der Waals surface area contributed by atoms with Gasteiger partial charge in [0.1, 0.15) is 5.75 Å². The molecule has 4 heteroatoms. The summed E-state index contributed by atoms with van der Waals surface area (Å²) < 4.78 is 30.3. The number of hydrogen-bond acceptors (Lipinski definition) is 3. The number of methoxy groups -OCH3 is 1. The first-order chi connectivity index (χ1) is 10.1.